The third-order valence-electron chi connectivity index (χ3n) is 4.57. The molecule has 1 aliphatic carbocycles. The van der Waals surface area contributed by atoms with E-state index in [4.69, 9.17) is 9.47 Å². The molecule has 0 N–H and O–H groups in total. The van der Waals surface area contributed by atoms with Crippen LogP contribution in [0.2, 0.25) is 0 Å². The fourth-order valence-electron chi connectivity index (χ4n) is 3.34. The van der Waals surface area contributed by atoms with Gasteiger partial charge in [-0.15, -0.1) is 0 Å². The summed E-state index contributed by atoms with van der Waals surface area (Å²) in [5.41, 5.74) is 1.69. The van der Waals surface area contributed by atoms with Crippen molar-refractivity contribution >= 4 is 0 Å². The number of allylic oxidation sites excluding steroid dienone is 1. The first-order valence-electron chi connectivity index (χ1n) is 7.55. The Labute approximate surface area is 110 Å². The Bertz CT molecular complexity index is 298. The zero-order chi connectivity index (χ0) is 12.3. The lowest BCUT2D eigenvalue weighted by atomic mass is 9.96. The molecule has 0 atom stereocenters. The van der Waals surface area contributed by atoms with Crippen molar-refractivity contribution < 1.29 is 9.47 Å². The molecule has 0 saturated carbocycles. The second-order valence-electron chi connectivity index (χ2n) is 5.81. The van der Waals surface area contributed by atoms with E-state index in [1.54, 1.807) is 5.57 Å². The van der Waals surface area contributed by atoms with Gasteiger partial charge < -0.3 is 14.4 Å². The lowest BCUT2D eigenvalue weighted by Gasteiger charge is -2.37. The monoisotopic (exact) mass is 251 g/mol. The second kappa shape index (κ2) is 5.72. The van der Waals surface area contributed by atoms with E-state index in [-0.39, 0.29) is 5.79 Å². The van der Waals surface area contributed by atoms with E-state index in [9.17, 15) is 0 Å². The van der Waals surface area contributed by atoms with Gasteiger partial charge in [0.25, 0.3) is 0 Å². The van der Waals surface area contributed by atoms with Crippen LogP contribution >= 0.6 is 0 Å². The molecular formula is C15H25NO2. The van der Waals surface area contributed by atoms with E-state index in [0.717, 1.165) is 39.1 Å². The van der Waals surface area contributed by atoms with E-state index in [2.05, 4.69) is 11.0 Å². The van der Waals surface area contributed by atoms with Gasteiger partial charge in [-0.25, -0.2) is 0 Å². The molecule has 0 amide bonds. The molecule has 2 saturated heterocycles. The Hall–Kier alpha value is -0.380. The lowest BCUT2D eigenvalue weighted by Crippen LogP contribution is -2.45. The van der Waals surface area contributed by atoms with Gasteiger partial charge in [0.15, 0.2) is 5.79 Å². The molecule has 3 heteroatoms. The highest BCUT2D eigenvalue weighted by Gasteiger charge is 2.39. The van der Waals surface area contributed by atoms with Gasteiger partial charge in [-0.1, -0.05) is 11.6 Å². The van der Waals surface area contributed by atoms with Gasteiger partial charge >= 0.3 is 0 Å². The van der Waals surface area contributed by atoms with Crippen molar-refractivity contribution in [3.05, 3.63) is 11.6 Å². The molecule has 0 bridgehead atoms. The summed E-state index contributed by atoms with van der Waals surface area (Å²) in [6.07, 6.45) is 11.3. The summed E-state index contributed by atoms with van der Waals surface area (Å²) in [5, 5.41) is 0. The summed E-state index contributed by atoms with van der Waals surface area (Å²) in [4.78, 5) is 2.58. The van der Waals surface area contributed by atoms with E-state index < -0.39 is 0 Å². The summed E-state index contributed by atoms with van der Waals surface area (Å²) in [5.74, 6) is -0.208. The molecule has 0 unspecified atom stereocenters. The highest BCUT2D eigenvalue weighted by Crippen LogP contribution is 2.31. The van der Waals surface area contributed by atoms with Crippen LogP contribution in [0.4, 0.5) is 0 Å². The van der Waals surface area contributed by atoms with E-state index in [1.807, 2.05) is 0 Å². The van der Waals surface area contributed by atoms with Crippen LogP contribution in [0.1, 0.15) is 44.9 Å². The lowest BCUT2D eigenvalue weighted by molar-refractivity contribution is -0.185. The molecule has 0 aromatic heterocycles. The number of piperidine rings is 1. The Kier molecular flexibility index (Phi) is 4.02. The summed E-state index contributed by atoms with van der Waals surface area (Å²) in [6.45, 7) is 5.06. The van der Waals surface area contributed by atoms with Crippen LogP contribution in [0.5, 0.6) is 0 Å². The summed E-state index contributed by atoms with van der Waals surface area (Å²) in [6, 6.07) is 0. The number of hydrogen-bond acceptors (Lipinski definition) is 3. The molecule has 18 heavy (non-hydrogen) atoms. The Balaban J connectivity index is 1.41. The topological polar surface area (TPSA) is 21.7 Å². The Morgan fingerprint density at radius 3 is 2.56 bits per heavy atom. The van der Waals surface area contributed by atoms with E-state index >= 15 is 0 Å². The van der Waals surface area contributed by atoms with Crippen LogP contribution < -0.4 is 0 Å². The van der Waals surface area contributed by atoms with E-state index in [1.165, 1.54) is 38.6 Å². The molecule has 0 aromatic carbocycles. The maximum absolute atomic E-state index is 5.76. The standard InChI is InChI=1S/C15H25NO2/c1-2-4-14(5-3-1)6-9-16-10-7-15(8-11-16)17-12-13-18-15/h4H,1-3,5-13H2. The van der Waals surface area contributed by atoms with Crippen molar-refractivity contribution in [2.75, 3.05) is 32.8 Å². The van der Waals surface area contributed by atoms with Crippen molar-refractivity contribution in [1.29, 1.82) is 0 Å². The van der Waals surface area contributed by atoms with Gasteiger partial charge in [-0.05, 0) is 32.1 Å². The second-order valence-corrected chi connectivity index (χ2v) is 5.81. The minimum absolute atomic E-state index is 0.208. The molecule has 2 fully saturated rings. The van der Waals surface area contributed by atoms with Crippen LogP contribution in [0.3, 0.4) is 0 Å². The van der Waals surface area contributed by atoms with Gasteiger partial charge in [-0.2, -0.15) is 0 Å². The molecule has 102 valence electrons. The molecule has 2 heterocycles. The number of hydrogen-bond donors (Lipinski definition) is 0. The highest BCUT2D eigenvalue weighted by molar-refractivity contribution is 5.05. The average Bonchev–Trinajstić information content (AvgIpc) is 2.88. The number of rotatable bonds is 3. The smallest absolute Gasteiger partial charge is 0.170 e. The molecular weight excluding hydrogens is 226 g/mol. The third-order valence-corrected chi connectivity index (χ3v) is 4.57. The van der Waals surface area contributed by atoms with Crippen LogP contribution in [0.25, 0.3) is 0 Å². The first-order chi connectivity index (χ1) is 8.86. The Morgan fingerprint density at radius 1 is 1.11 bits per heavy atom. The fourth-order valence-corrected chi connectivity index (χ4v) is 3.34. The van der Waals surface area contributed by atoms with Gasteiger partial charge in [0.2, 0.25) is 0 Å². The van der Waals surface area contributed by atoms with Crippen molar-refractivity contribution in [1.82, 2.24) is 4.90 Å². The van der Waals surface area contributed by atoms with Crippen molar-refractivity contribution in [2.24, 2.45) is 0 Å². The van der Waals surface area contributed by atoms with Crippen LogP contribution in [0, 0.1) is 0 Å². The minimum atomic E-state index is -0.208. The molecule has 3 nitrogen and oxygen atoms in total. The first-order valence-corrected chi connectivity index (χ1v) is 7.55. The molecule has 2 aliphatic heterocycles. The summed E-state index contributed by atoms with van der Waals surface area (Å²) in [7, 11) is 0. The van der Waals surface area contributed by atoms with Crippen molar-refractivity contribution in [3.63, 3.8) is 0 Å². The summed E-state index contributed by atoms with van der Waals surface area (Å²) < 4.78 is 11.5. The van der Waals surface area contributed by atoms with Crippen molar-refractivity contribution in [3.8, 4) is 0 Å². The minimum Gasteiger partial charge on any atom is -0.347 e. The van der Waals surface area contributed by atoms with Gasteiger partial charge in [-0.3, -0.25) is 0 Å². The number of likely N-dealkylation sites (tertiary alicyclic amines) is 1. The first kappa shape index (κ1) is 12.6. The fraction of sp³-hybridized carbons (Fsp3) is 0.867. The van der Waals surface area contributed by atoms with Gasteiger partial charge in [0.05, 0.1) is 13.2 Å². The predicted octanol–water partition coefficient (Wildman–Crippen LogP) is 2.72. The normalized spacial score (nSPS) is 28.6. The molecule has 0 radical (unpaired) electrons. The van der Waals surface area contributed by atoms with Gasteiger partial charge in [0.1, 0.15) is 0 Å². The zero-order valence-corrected chi connectivity index (χ0v) is 11.3. The number of ether oxygens (including phenoxy) is 2. The van der Waals surface area contributed by atoms with Crippen LogP contribution in [-0.4, -0.2) is 43.5 Å². The predicted molar refractivity (Wildman–Crippen MR) is 71.5 cm³/mol. The van der Waals surface area contributed by atoms with Gasteiger partial charge in [0, 0.05) is 32.5 Å². The zero-order valence-electron chi connectivity index (χ0n) is 11.3. The Morgan fingerprint density at radius 2 is 1.89 bits per heavy atom. The number of nitrogens with zero attached hydrogens (tertiary/aromatic N) is 1. The molecule has 0 aromatic rings. The highest BCUT2D eigenvalue weighted by atomic mass is 16.7. The summed E-state index contributed by atoms with van der Waals surface area (Å²) >= 11 is 0. The molecule has 1 spiro atoms. The van der Waals surface area contributed by atoms with Crippen LogP contribution in [-0.2, 0) is 9.47 Å². The van der Waals surface area contributed by atoms with E-state index in [0.29, 0.717) is 0 Å². The largest absolute Gasteiger partial charge is 0.347 e. The maximum atomic E-state index is 5.76. The molecule has 3 aliphatic rings. The maximum Gasteiger partial charge on any atom is 0.170 e. The third kappa shape index (κ3) is 2.95. The average molecular weight is 251 g/mol. The van der Waals surface area contributed by atoms with Crippen molar-refractivity contribution in [2.45, 2.75) is 50.7 Å². The molecule has 3 rings (SSSR count). The SMILES string of the molecule is C1=C(CCN2CCC3(CC2)OCCO3)CCCC1. The quantitative estimate of drug-likeness (QED) is 0.720. The van der Waals surface area contributed by atoms with Crippen LogP contribution in [0.15, 0.2) is 11.6 Å².